The van der Waals surface area contributed by atoms with Gasteiger partial charge < -0.3 is 19.3 Å². The standard InChI is InChI=1S/C25H26FN3O4S/c1-28(14-19-5-3-2-4-6-19)23(30)13-25(17-32-21-9-7-20(26)8-10-21)16-29(11-12-33-25)24(31)22-15-34-18-27-22/h2-10,15,18H,11-14,16-17H2,1H3/t25-/m1/s1. The van der Waals surface area contributed by atoms with E-state index in [0.29, 0.717) is 24.5 Å². The summed E-state index contributed by atoms with van der Waals surface area (Å²) in [6, 6.07) is 15.4. The smallest absolute Gasteiger partial charge is 0.273 e. The molecule has 1 fully saturated rings. The Labute approximate surface area is 201 Å². The number of benzene rings is 2. The third-order valence-electron chi connectivity index (χ3n) is 5.66. The summed E-state index contributed by atoms with van der Waals surface area (Å²) in [7, 11) is 1.74. The molecule has 7 nitrogen and oxygen atoms in total. The number of hydrogen-bond acceptors (Lipinski definition) is 6. The minimum atomic E-state index is -1.06. The van der Waals surface area contributed by atoms with Crippen LogP contribution in [0.4, 0.5) is 4.39 Å². The molecule has 2 heterocycles. The van der Waals surface area contributed by atoms with Crippen molar-refractivity contribution in [1.82, 2.24) is 14.8 Å². The van der Waals surface area contributed by atoms with Gasteiger partial charge in [0.1, 0.15) is 29.5 Å². The third-order valence-corrected chi connectivity index (χ3v) is 6.25. The largest absolute Gasteiger partial charge is 0.490 e. The lowest BCUT2D eigenvalue weighted by Crippen LogP contribution is -2.58. The molecule has 0 bridgehead atoms. The van der Waals surface area contributed by atoms with E-state index in [9.17, 15) is 14.0 Å². The summed E-state index contributed by atoms with van der Waals surface area (Å²) in [6.07, 6.45) is 0.0262. The average Bonchev–Trinajstić information content (AvgIpc) is 3.39. The van der Waals surface area contributed by atoms with Crippen molar-refractivity contribution in [3.63, 3.8) is 0 Å². The summed E-state index contributed by atoms with van der Waals surface area (Å²) in [5, 5.41) is 1.70. The highest BCUT2D eigenvalue weighted by Gasteiger charge is 2.42. The monoisotopic (exact) mass is 483 g/mol. The van der Waals surface area contributed by atoms with Gasteiger partial charge in [-0.2, -0.15) is 0 Å². The number of halogens is 1. The van der Waals surface area contributed by atoms with E-state index in [0.717, 1.165) is 5.56 Å². The van der Waals surface area contributed by atoms with E-state index in [-0.39, 0.29) is 43.8 Å². The molecule has 2 amide bonds. The number of hydrogen-bond donors (Lipinski definition) is 0. The van der Waals surface area contributed by atoms with E-state index < -0.39 is 5.60 Å². The van der Waals surface area contributed by atoms with Crippen molar-refractivity contribution in [3.05, 3.63) is 82.6 Å². The molecular formula is C25H26FN3O4S. The van der Waals surface area contributed by atoms with Crippen molar-refractivity contribution in [2.75, 3.05) is 33.4 Å². The molecule has 3 aromatic rings. The molecule has 1 atom stereocenters. The van der Waals surface area contributed by atoms with Crippen LogP contribution in [0.2, 0.25) is 0 Å². The molecule has 1 aliphatic heterocycles. The Morgan fingerprint density at radius 1 is 1.21 bits per heavy atom. The van der Waals surface area contributed by atoms with Gasteiger partial charge in [0.15, 0.2) is 0 Å². The number of aromatic nitrogens is 1. The zero-order valence-corrected chi connectivity index (χ0v) is 19.7. The molecule has 1 saturated heterocycles. The van der Waals surface area contributed by atoms with Gasteiger partial charge in [-0.15, -0.1) is 11.3 Å². The van der Waals surface area contributed by atoms with Crippen molar-refractivity contribution in [3.8, 4) is 5.75 Å². The first kappa shape index (κ1) is 23.8. The zero-order valence-electron chi connectivity index (χ0n) is 18.9. The van der Waals surface area contributed by atoms with E-state index in [1.807, 2.05) is 30.3 Å². The molecule has 0 unspecified atom stereocenters. The Bertz CT molecular complexity index is 1100. The summed E-state index contributed by atoms with van der Waals surface area (Å²) in [6.45, 7) is 1.32. The number of amides is 2. The highest BCUT2D eigenvalue weighted by molar-refractivity contribution is 7.07. The Hall–Kier alpha value is -3.30. The molecule has 4 rings (SSSR count). The summed E-state index contributed by atoms with van der Waals surface area (Å²) in [4.78, 5) is 33.6. The van der Waals surface area contributed by atoms with Gasteiger partial charge >= 0.3 is 0 Å². The molecule has 0 saturated carbocycles. The number of carbonyl (C=O) groups excluding carboxylic acids is 2. The van der Waals surface area contributed by atoms with Gasteiger partial charge in [-0.25, -0.2) is 9.37 Å². The maximum atomic E-state index is 13.3. The van der Waals surface area contributed by atoms with Gasteiger partial charge in [-0.05, 0) is 29.8 Å². The van der Waals surface area contributed by atoms with Crippen LogP contribution in [-0.2, 0) is 16.1 Å². The van der Waals surface area contributed by atoms with Crippen LogP contribution >= 0.6 is 11.3 Å². The number of rotatable bonds is 8. The fourth-order valence-electron chi connectivity index (χ4n) is 3.85. The Kier molecular flexibility index (Phi) is 7.54. The van der Waals surface area contributed by atoms with E-state index in [4.69, 9.17) is 9.47 Å². The number of thiazole rings is 1. The summed E-state index contributed by atoms with van der Waals surface area (Å²) < 4.78 is 25.3. The van der Waals surface area contributed by atoms with Crippen LogP contribution < -0.4 is 4.74 Å². The lowest BCUT2D eigenvalue weighted by molar-refractivity contribution is -0.152. The van der Waals surface area contributed by atoms with Gasteiger partial charge in [-0.3, -0.25) is 9.59 Å². The second kappa shape index (κ2) is 10.8. The molecule has 34 heavy (non-hydrogen) atoms. The molecule has 0 N–H and O–H groups in total. The fourth-order valence-corrected chi connectivity index (χ4v) is 4.37. The predicted octanol–water partition coefficient (Wildman–Crippen LogP) is 3.62. The second-order valence-electron chi connectivity index (χ2n) is 8.29. The summed E-state index contributed by atoms with van der Waals surface area (Å²) in [5.74, 6) is -0.249. The molecule has 0 radical (unpaired) electrons. The van der Waals surface area contributed by atoms with E-state index in [2.05, 4.69) is 4.98 Å². The van der Waals surface area contributed by atoms with Crippen LogP contribution in [0.5, 0.6) is 5.75 Å². The Balaban J connectivity index is 1.50. The normalized spacial score (nSPS) is 17.9. The van der Waals surface area contributed by atoms with Crippen molar-refractivity contribution in [2.45, 2.75) is 18.6 Å². The van der Waals surface area contributed by atoms with E-state index in [1.54, 1.807) is 27.7 Å². The first-order valence-corrected chi connectivity index (χ1v) is 11.9. The molecule has 0 spiro atoms. The molecule has 1 aliphatic rings. The lowest BCUT2D eigenvalue weighted by Gasteiger charge is -2.42. The minimum Gasteiger partial charge on any atom is -0.490 e. The van der Waals surface area contributed by atoms with Gasteiger partial charge in [0.25, 0.3) is 5.91 Å². The molecule has 9 heteroatoms. The van der Waals surface area contributed by atoms with Crippen LogP contribution in [0.25, 0.3) is 0 Å². The second-order valence-corrected chi connectivity index (χ2v) is 9.01. The van der Waals surface area contributed by atoms with Gasteiger partial charge in [0.05, 0.1) is 25.1 Å². The van der Waals surface area contributed by atoms with E-state index >= 15 is 0 Å². The van der Waals surface area contributed by atoms with E-state index in [1.165, 1.54) is 35.6 Å². The minimum absolute atomic E-state index is 0.0262. The first-order valence-electron chi connectivity index (χ1n) is 10.9. The number of carbonyl (C=O) groups is 2. The van der Waals surface area contributed by atoms with Crippen LogP contribution in [0.3, 0.4) is 0 Å². The lowest BCUT2D eigenvalue weighted by atomic mass is 9.96. The molecular weight excluding hydrogens is 457 g/mol. The quantitative estimate of drug-likeness (QED) is 0.489. The number of ether oxygens (including phenoxy) is 2. The molecule has 178 valence electrons. The highest BCUT2D eigenvalue weighted by atomic mass is 32.1. The van der Waals surface area contributed by atoms with Crippen LogP contribution in [-0.4, -0.2) is 65.6 Å². The maximum Gasteiger partial charge on any atom is 0.273 e. The van der Waals surface area contributed by atoms with Crippen molar-refractivity contribution >= 4 is 23.2 Å². The topological polar surface area (TPSA) is 72.0 Å². The SMILES string of the molecule is CN(Cc1ccccc1)C(=O)C[C@]1(COc2ccc(F)cc2)CN(C(=O)c2cscn2)CCO1. The van der Waals surface area contributed by atoms with Gasteiger partial charge in [0.2, 0.25) is 5.91 Å². The Morgan fingerprint density at radius 2 is 1.97 bits per heavy atom. The highest BCUT2D eigenvalue weighted by Crippen LogP contribution is 2.27. The van der Waals surface area contributed by atoms with Gasteiger partial charge in [0, 0.05) is 25.5 Å². The third kappa shape index (κ3) is 5.98. The molecule has 1 aromatic heterocycles. The van der Waals surface area contributed by atoms with Crippen LogP contribution in [0, 0.1) is 5.82 Å². The zero-order chi connectivity index (χ0) is 24.0. The van der Waals surface area contributed by atoms with Crippen LogP contribution in [0.1, 0.15) is 22.5 Å². The fraction of sp³-hybridized carbons (Fsp3) is 0.320. The number of morpholine rings is 1. The average molecular weight is 484 g/mol. The maximum absolute atomic E-state index is 13.3. The summed E-state index contributed by atoms with van der Waals surface area (Å²) in [5.41, 5.74) is 1.94. The van der Waals surface area contributed by atoms with Crippen molar-refractivity contribution in [1.29, 1.82) is 0 Å². The van der Waals surface area contributed by atoms with Crippen molar-refractivity contribution < 1.29 is 23.5 Å². The molecule has 0 aliphatic carbocycles. The predicted molar refractivity (Wildman–Crippen MR) is 126 cm³/mol. The molecule has 2 aromatic carbocycles. The first-order chi connectivity index (χ1) is 16.4. The van der Waals surface area contributed by atoms with Crippen LogP contribution in [0.15, 0.2) is 65.5 Å². The Morgan fingerprint density at radius 3 is 2.68 bits per heavy atom. The van der Waals surface area contributed by atoms with Crippen molar-refractivity contribution in [2.24, 2.45) is 0 Å². The number of nitrogens with zero attached hydrogens (tertiary/aromatic N) is 3. The van der Waals surface area contributed by atoms with Gasteiger partial charge in [-0.1, -0.05) is 30.3 Å². The summed E-state index contributed by atoms with van der Waals surface area (Å²) >= 11 is 1.35.